The van der Waals surface area contributed by atoms with E-state index >= 15 is 0 Å². The van der Waals surface area contributed by atoms with Crippen molar-refractivity contribution in [1.82, 2.24) is 5.32 Å². The van der Waals surface area contributed by atoms with Crippen molar-refractivity contribution in [3.63, 3.8) is 0 Å². The largest absolute Gasteiger partial charge is 0.497 e. The quantitative estimate of drug-likeness (QED) is 0.825. The van der Waals surface area contributed by atoms with Gasteiger partial charge in [-0.1, -0.05) is 32.9 Å². The van der Waals surface area contributed by atoms with Gasteiger partial charge in [-0.3, -0.25) is 0 Å². The second kappa shape index (κ2) is 6.80. The van der Waals surface area contributed by atoms with Crippen LogP contribution in [0.4, 0.5) is 0 Å². The lowest BCUT2D eigenvalue weighted by molar-refractivity contribution is -0.116. The van der Waals surface area contributed by atoms with Gasteiger partial charge >= 0.3 is 0 Å². The van der Waals surface area contributed by atoms with Crippen LogP contribution in [0.3, 0.4) is 0 Å². The van der Waals surface area contributed by atoms with Gasteiger partial charge in [0.25, 0.3) is 0 Å². The highest BCUT2D eigenvalue weighted by molar-refractivity contribution is 5.29. The Morgan fingerprint density at radius 2 is 1.90 bits per heavy atom. The van der Waals surface area contributed by atoms with Crippen LogP contribution in [0.1, 0.15) is 52.1 Å². The van der Waals surface area contributed by atoms with Crippen molar-refractivity contribution in [3.05, 3.63) is 29.8 Å². The first kappa shape index (κ1) is 16.3. The molecule has 0 heterocycles. The minimum absolute atomic E-state index is 0.204. The summed E-state index contributed by atoms with van der Waals surface area (Å²) in [4.78, 5) is 0. The Balaban J connectivity index is 1.99. The van der Waals surface area contributed by atoms with E-state index in [0.717, 1.165) is 25.2 Å². The van der Waals surface area contributed by atoms with Crippen LogP contribution in [-0.4, -0.2) is 25.9 Å². The van der Waals surface area contributed by atoms with E-state index in [1.807, 2.05) is 12.1 Å². The first-order valence-electron chi connectivity index (χ1n) is 8.04. The van der Waals surface area contributed by atoms with Crippen molar-refractivity contribution < 1.29 is 9.47 Å². The third-order valence-electron chi connectivity index (χ3n) is 4.87. The zero-order valence-corrected chi connectivity index (χ0v) is 14.0. The zero-order chi connectivity index (χ0) is 15.5. The fourth-order valence-corrected chi connectivity index (χ4v) is 3.18. The van der Waals surface area contributed by atoms with Crippen molar-refractivity contribution in [2.75, 3.05) is 13.7 Å². The SMILES string of the molecule is CCOC1CC(NC(CC)c2ccc(OC)cc2)C1(C)C. The summed E-state index contributed by atoms with van der Waals surface area (Å²) in [5.41, 5.74) is 1.53. The van der Waals surface area contributed by atoms with Crippen molar-refractivity contribution in [1.29, 1.82) is 0 Å². The Bertz CT molecular complexity index is 441. The molecule has 2 rings (SSSR count). The van der Waals surface area contributed by atoms with Crippen LogP contribution < -0.4 is 10.1 Å². The van der Waals surface area contributed by atoms with E-state index in [2.05, 4.69) is 45.1 Å². The molecular formula is C18H29NO2. The number of nitrogens with one attached hydrogen (secondary N) is 1. The Morgan fingerprint density at radius 1 is 1.24 bits per heavy atom. The number of methoxy groups -OCH3 is 1. The molecule has 1 aromatic rings. The van der Waals surface area contributed by atoms with Gasteiger partial charge in [0.1, 0.15) is 5.75 Å². The number of hydrogen-bond acceptors (Lipinski definition) is 3. The van der Waals surface area contributed by atoms with Crippen molar-refractivity contribution in [3.8, 4) is 5.75 Å². The predicted molar refractivity (Wildman–Crippen MR) is 86.8 cm³/mol. The maximum absolute atomic E-state index is 5.82. The summed E-state index contributed by atoms with van der Waals surface area (Å²) in [6, 6.07) is 9.30. The molecule has 3 atom stereocenters. The van der Waals surface area contributed by atoms with E-state index in [0.29, 0.717) is 18.2 Å². The summed E-state index contributed by atoms with van der Waals surface area (Å²) in [5.74, 6) is 0.911. The average Bonchev–Trinajstić information content (AvgIpc) is 2.50. The summed E-state index contributed by atoms with van der Waals surface area (Å²) in [7, 11) is 1.70. The van der Waals surface area contributed by atoms with E-state index in [-0.39, 0.29) is 5.41 Å². The van der Waals surface area contributed by atoms with E-state index in [4.69, 9.17) is 9.47 Å². The summed E-state index contributed by atoms with van der Waals surface area (Å²) in [6.07, 6.45) is 2.57. The molecule has 118 valence electrons. The molecule has 0 aliphatic heterocycles. The van der Waals surface area contributed by atoms with Crippen molar-refractivity contribution in [2.45, 2.75) is 58.7 Å². The second-order valence-corrected chi connectivity index (χ2v) is 6.45. The van der Waals surface area contributed by atoms with Crippen LogP contribution in [-0.2, 0) is 4.74 Å². The highest BCUT2D eigenvalue weighted by Gasteiger charge is 2.49. The van der Waals surface area contributed by atoms with Crippen molar-refractivity contribution in [2.24, 2.45) is 5.41 Å². The van der Waals surface area contributed by atoms with Crippen LogP contribution in [0.15, 0.2) is 24.3 Å². The van der Waals surface area contributed by atoms with Crippen molar-refractivity contribution >= 4 is 0 Å². The van der Waals surface area contributed by atoms with Crippen LogP contribution in [0.2, 0.25) is 0 Å². The third-order valence-corrected chi connectivity index (χ3v) is 4.87. The Kier molecular flexibility index (Phi) is 5.28. The monoisotopic (exact) mass is 291 g/mol. The molecule has 1 aliphatic rings. The normalized spacial score (nSPS) is 25.2. The Labute approximate surface area is 129 Å². The molecule has 0 amide bonds. The maximum atomic E-state index is 5.82. The summed E-state index contributed by atoms with van der Waals surface area (Å²) in [5, 5.41) is 3.81. The molecule has 0 saturated heterocycles. The average molecular weight is 291 g/mol. The zero-order valence-electron chi connectivity index (χ0n) is 14.0. The predicted octanol–water partition coefficient (Wildman–Crippen LogP) is 3.94. The van der Waals surface area contributed by atoms with Gasteiger partial charge in [0.05, 0.1) is 13.2 Å². The highest BCUT2D eigenvalue weighted by Crippen LogP contribution is 2.44. The molecule has 1 fully saturated rings. The smallest absolute Gasteiger partial charge is 0.118 e. The standard InChI is InChI=1S/C18H29NO2/c1-6-15(13-8-10-14(20-5)11-9-13)19-16-12-17(21-7-2)18(16,3)4/h8-11,15-17,19H,6-7,12H2,1-5H3. The second-order valence-electron chi connectivity index (χ2n) is 6.45. The van der Waals surface area contributed by atoms with Gasteiger partial charge in [-0.25, -0.2) is 0 Å². The first-order valence-corrected chi connectivity index (χ1v) is 8.04. The van der Waals surface area contributed by atoms with Crippen LogP contribution >= 0.6 is 0 Å². The molecule has 3 heteroatoms. The maximum Gasteiger partial charge on any atom is 0.118 e. The van der Waals surface area contributed by atoms with Crippen LogP contribution in [0.25, 0.3) is 0 Å². The van der Waals surface area contributed by atoms with E-state index < -0.39 is 0 Å². The first-order chi connectivity index (χ1) is 10.0. The van der Waals surface area contributed by atoms with Crippen LogP contribution in [0.5, 0.6) is 5.75 Å². The number of hydrogen-bond donors (Lipinski definition) is 1. The van der Waals surface area contributed by atoms with Gasteiger partial charge in [-0.15, -0.1) is 0 Å². The number of ether oxygens (including phenoxy) is 2. The minimum Gasteiger partial charge on any atom is -0.497 e. The Morgan fingerprint density at radius 3 is 2.38 bits per heavy atom. The van der Waals surface area contributed by atoms with Gasteiger partial charge in [0.2, 0.25) is 0 Å². The topological polar surface area (TPSA) is 30.5 Å². The molecule has 0 aromatic heterocycles. The van der Waals surface area contributed by atoms with Gasteiger partial charge < -0.3 is 14.8 Å². The molecule has 21 heavy (non-hydrogen) atoms. The molecular weight excluding hydrogens is 262 g/mol. The van der Waals surface area contributed by atoms with E-state index in [1.165, 1.54) is 5.56 Å². The lowest BCUT2D eigenvalue weighted by atomic mass is 9.64. The molecule has 0 radical (unpaired) electrons. The molecule has 1 aromatic carbocycles. The minimum atomic E-state index is 0.204. The fraction of sp³-hybridized carbons (Fsp3) is 0.667. The van der Waals surface area contributed by atoms with Gasteiger partial charge in [-0.05, 0) is 37.5 Å². The molecule has 0 spiro atoms. The number of rotatable bonds is 7. The van der Waals surface area contributed by atoms with Gasteiger partial charge in [0, 0.05) is 24.1 Å². The highest BCUT2D eigenvalue weighted by atomic mass is 16.5. The lowest BCUT2D eigenvalue weighted by Gasteiger charge is -2.53. The molecule has 1 aliphatic carbocycles. The fourth-order valence-electron chi connectivity index (χ4n) is 3.18. The molecule has 1 saturated carbocycles. The van der Waals surface area contributed by atoms with Crippen LogP contribution in [0, 0.1) is 5.41 Å². The lowest BCUT2D eigenvalue weighted by Crippen LogP contribution is -2.61. The summed E-state index contributed by atoms with van der Waals surface area (Å²) < 4.78 is 11.1. The van der Waals surface area contributed by atoms with Gasteiger partial charge in [-0.2, -0.15) is 0 Å². The summed E-state index contributed by atoms with van der Waals surface area (Å²) >= 11 is 0. The number of benzene rings is 1. The third kappa shape index (κ3) is 3.41. The summed E-state index contributed by atoms with van der Waals surface area (Å²) in [6.45, 7) is 9.71. The molecule has 3 unspecified atom stereocenters. The van der Waals surface area contributed by atoms with E-state index in [9.17, 15) is 0 Å². The van der Waals surface area contributed by atoms with E-state index in [1.54, 1.807) is 7.11 Å². The molecule has 0 bridgehead atoms. The molecule has 3 nitrogen and oxygen atoms in total. The molecule has 1 N–H and O–H groups in total. The Hall–Kier alpha value is -1.06. The van der Waals surface area contributed by atoms with Gasteiger partial charge in [0.15, 0.2) is 0 Å².